The molecule has 1 aromatic heterocycles. The Labute approximate surface area is 170 Å². The molecule has 0 bridgehead atoms. The number of hydrogen-bond donors (Lipinski definition) is 0. The Hall–Kier alpha value is -1.30. The maximum absolute atomic E-state index is 13.0. The molecule has 28 heavy (non-hydrogen) atoms. The minimum Gasteiger partial charge on any atom is -0.429 e. The topological polar surface area (TPSA) is 71.2 Å². The van der Waals surface area contributed by atoms with E-state index >= 15 is 0 Å². The van der Waals surface area contributed by atoms with Crippen LogP contribution in [0.3, 0.4) is 0 Å². The van der Waals surface area contributed by atoms with Gasteiger partial charge >= 0.3 is 0 Å². The van der Waals surface area contributed by atoms with Gasteiger partial charge in [-0.3, -0.25) is 9.47 Å². The predicted octanol–water partition coefficient (Wildman–Crippen LogP) is 1.89. The van der Waals surface area contributed by atoms with Crippen LogP contribution in [-0.4, -0.2) is 78.0 Å². The van der Waals surface area contributed by atoms with E-state index in [0.717, 1.165) is 11.1 Å². The molecule has 0 amide bonds. The molecule has 8 nitrogen and oxygen atoms in total. The van der Waals surface area contributed by atoms with E-state index < -0.39 is 10.2 Å². The quantitative estimate of drug-likeness (QED) is 0.696. The van der Waals surface area contributed by atoms with Crippen LogP contribution in [0.25, 0.3) is 11.1 Å². The summed E-state index contributed by atoms with van der Waals surface area (Å²) in [4.78, 5) is 2.64. The van der Waals surface area contributed by atoms with E-state index in [1.807, 2.05) is 42.7 Å². The first-order chi connectivity index (χ1) is 13.3. The van der Waals surface area contributed by atoms with Crippen molar-refractivity contribution in [3.8, 4) is 0 Å². The standard InChI is InChI=1S/C18H26N4O4S2/c1-14-11-21(12-15(2)25-14)28(23,24)20-9-7-19(8-10-20)13-22-16-5-3-4-6-17(16)26-18(22)27/h3-6,14-15H,7-13H2,1-2H3/t14-,15-/m1/s1. The molecule has 0 aliphatic carbocycles. The van der Waals surface area contributed by atoms with Crippen molar-refractivity contribution in [1.82, 2.24) is 18.1 Å². The third-order valence-electron chi connectivity index (χ3n) is 5.29. The van der Waals surface area contributed by atoms with Crippen molar-refractivity contribution in [3.05, 3.63) is 29.1 Å². The number of piperazine rings is 1. The summed E-state index contributed by atoms with van der Waals surface area (Å²) < 4.78 is 42.5. The maximum Gasteiger partial charge on any atom is 0.282 e. The molecule has 1 aromatic carbocycles. The molecule has 2 saturated heterocycles. The van der Waals surface area contributed by atoms with Gasteiger partial charge in [0.15, 0.2) is 5.58 Å². The molecule has 154 valence electrons. The number of fused-ring (bicyclic) bond motifs is 1. The van der Waals surface area contributed by atoms with Gasteiger partial charge in [-0.1, -0.05) is 12.1 Å². The van der Waals surface area contributed by atoms with Crippen molar-refractivity contribution in [2.75, 3.05) is 39.3 Å². The summed E-state index contributed by atoms with van der Waals surface area (Å²) in [7, 11) is -3.47. The Kier molecular flexibility index (Phi) is 5.60. The minimum atomic E-state index is -3.47. The molecule has 2 aliphatic heterocycles. The molecule has 0 N–H and O–H groups in total. The van der Waals surface area contributed by atoms with E-state index in [1.54, 1.807) is 8.61 Å². The highest BCUT2D eigenvalue weighted by Gasteiger charge is 2.36. The lowest BCUT2D eigenvalue weighted by Crippen LogP contribution is -2.57. The molecular formula is C18H26N4O4S2. The monoisotopic (exact) mass is 426 g/mol. The Morgan fingerprint density at radius 2 is 1.68 bits per heavy atom. The summed E-state index contributed by atoms with van der Waals surface area (Å²) >= 11 is 5.36. The zero-order valence-corrected chi connectivity index (χ0v) is 17.8. The van der Waals surface area contributed by atoms with Gasteiger partial charge in [-0.2, -0.15) is 17.0 Å². The highest BCUT2D eigenvalue weighted by Crippen LogP contribution is 2.21. The molecule has 2 atom stereocenters. The number of morpholine rings is 1. The van der Waals surface area contributed by atoms with Gasteiger partial charge in [0.25, 0.3) is 15.0 Å². The number of aromatic nitrogens is 1. The molecule has 2 aromatic rings. The third-order valence-corrected chi connectivity index (χ3v) is 7.56. The van der Waals surface area contributed by atoms with E-state index in [1.165, 1.54) is 0 Å². The van der Waals surface area contributed by atoms with Crippen LogP contribution in [0.2, 0.25) is 0 Å². The SMILES string of the molecule is C[C@@H]1CN(S(=O)(=O)N2CCN(Cn3c(=S)oc4ccccc43)CC2)C[C@@H](C)O1. The van der Waals surface area contributed by atoms with Crippen LogP contribution in [0.4, 0.5) is 0 Å². The van der Waals surface area contributed by atoms with Crippen molar-refractivity contribution < 1.29 is 17.6 Å². The Bertz CT molecular complexity index is 984. The molecule has 4 rings (SSSR count). The van der Waals surface area contributed by atoms with Crippen molar-refractivity contribution >= 4 is 33.5 Å². The third kappa shape index (κ3) is 3.89. The fourth-order valence-electron chi connectivity index (χ4n) is 3.93. The summed E-state index contributed by atoms with van der Waals surface area (Å²) in [6, 6.07) is 7.76. The number of nitrogens with zero attached hydrogens (tertiary/aromatic N) is 4. The average Bonchev–Trinajstić information content (AvgIpc) is 2.97. The normalized spacial score (nSPS) is 26.1. The second-order valence-corrected chi connectivity index (χ2v) is 9.78. The Balaban J connectivity index is 1.42. The van der Waals surface area contributed by atoms with Gasteiger partial charge in [-0.15, -0.1) is 0 Å². The number of benzene rings is 1. The summed E-state index contributed by atoms with van der Waals surface area (Å²) in [6.45, 7) is 7.45. The zero-order chi connectivity index (χ0) is 19.9. The summed E-state index contributed by atoms with van der Waals surface area (Å²) in [5.41, 5.74) is 1.73. The summed E-state index contributed by atoms with van der Waals surface area (Å²) in [6.07, 6.45) is -0.174. The molecule has 2 fully saturated rings. The number of oxazole rings is 1. The van der Waals surface area contributed by atoms with Gasteiger partial charge in [0, 0.05) is 39.3 Å². The van der Waals surface area contributed by atoms with Gasteiger partial charge in [-0.05, 0) is 38.2 Å². The fraction of sp³-hybridized carbons (Fsp3) is 0.611. The summed E-state index contributed by atoms with van der Waals surface area (Å²) in [5.74, 6) is 0. The first-order valence-corrected chi connectivity index (χ1v) is 11.4. The first kappa shape index (κ1) is 20.0. The largest absolute Gasteiger partial charge is 0.429 e. The number of para-hydroxylation sites is 2. The lowest BCUT2D eigenvalue weighted by Gasteiger charge is -2.40. The van der Waals surface area contributed by atoms with Crippen LogP contribution in [0.5, 0.6) is 0 Å². The van der Waals surface area contributed by atoms with Crippen LogP contribution in [-0.2, 0) is 21.6 Å². The molecule has 0 spiro atoms. The van der Waals surface area contributed by atoms with Crippen molar-refractivity contribution in [1.29, 1.82) is 0 Å². The number of rotatable bonds is 4. The van der Waals surface area contributed by atoms with Crippen molar-refractivity contribution in [3.63, 3.8) is 0 Å². The minimum absolute atomic E-state index is 0.0870. The van der Waals surface area contributed by atoms with E-state index in [9.17, 15) is 8.42 Å². The fourth-order valence-corrected chi connectivity index (χ4v) is 5.93. The number of ether oxygens (including phenoxy) is 1. The highest BCUT2D eigenvalue weighted by molar-refractivity contribution is 7.86. The molecule has 0 unspecified atom stereocenters. The zero-order valence-electron chi connectivity index (χ0n) is 16.2. The highest BCUT2D eigenvalue weighted by atomic mass is 32.2. The van der Waals surface area contributed by atoms with Gasteiger partial charge in [0.1, 0.15) is 0 Å². The molecule has 10 heteroatoms. The molecule has 3 heterocycles. The lowest BCUT2D eigenvalue weighted by molar-refractivity contribution is -0.0458. The van der Waals surface area contributed by atoms with E-state index in [-0.39, 0.29) is 12.2 Å². The van der Waals surface area contributed by atoms with Gasteiger partial charge < -0.3 is 9.15 Å². The molecule has 0 saturated carbocycles. The summed E-state index contributed by atoms with van der Waals surface area (Å²) in [5, 5.41) is 0. The van der Waals surface area contributed by atoms with Gasteiger partial charge in [0.05, 0.1) is 24.4 Å². The van der Waals surface area contributed by atoms with Crippen molar-refractivity contribution in [2.24, 2.45) is 0 Å². The molecular weight excluding hydrogens is 400 g/mol. The van der Waals surface area contributed by atoms with Crippen LogP contribution >= 0.6 is 12.2 Å². The van der Waals surface area contributed by atoms with Crippen LogP contribution < -0.4 is 0 Å². The Morgan fingerprint density at radius 3 is 2.36 bits per heavy atom. The smallest absolute Gasteiger partial charge is 0.282 e. The van der Waals surface area contributed by atoms with Crippen molar-refractivity contribution in [2.45, 2.75) is 32.7 Å². The van der Waals surface area contributed by atoms with Crippen LogP contribution in [0.1, 0.15) is 13.8 Å². The maximum atomic E-state index is 13.0. The van der Waals surface area contributed by atoms with Gasteiger partial charge in [0.2, 0.25) is 0 Å². The molecule has 2 aliphatic rings. The second kappa shape index (κ2) is 7.85. The van der Waals surface area contributed by atoms with Gasteiger partial charge in [-0.25, -0.2) is 0 Å². The number of hydrogen-bond acceptors (Lipinski definition) is 6. The molecule has 0 radical (unpaired) electrons. The van der Waals surface area contributed by atoms with E-state index in [2.05, 4.69) is 4.90 Å². The average molecular weight is 427 g/mol. The van der Waals surface area contributed by atoms with E-state index in [0.29, 0.717) is 50.8 Å². The van der Waals surface area contributed by atoms with E-state index in [4.69, 9.17) is 21.4 Å². The van der Waals surface area contributed by atoms with Crippen LogP contribution in [0.15, 0.2) is 28.7 Å². The van der Waals surface area contributed by atoms with Crippen LogP contribution in [0, 0.1) is 4.84 Å². The predicted molar refractivity (Wildman–Crippen MR) is 109 cm³/mol. The second-order valence-electron chi connectivity index (χ2n) is 7.50. The first-order valence-electron chi connectivity index (χ1n) is 9.56. The Morgan fingerprint density at radius 1 is 1.04 bits per heavy atom. The lowest BCUT2D eigenvalue weighted by atomic mass is 10.3.